The molecule has 3 rings (SSSR count). The second-order valence-electron chi connectivity index (χ2n) is 5.86. The number of nitrogens with one attached hydrogen (secondary N) is 1. The SMILES string of the molecule is CCN(CC)S(=O)(=O)c1ccc(NC(=O)COc2nnc3ccccn23)cc1. The zero-order chi connectivity index (χ0) is 20.1. The Morgan fingerprint density at radius 1 is 1.11 bits per heavy atom. The van der Waals surface area contributed by atoms with Gasteiger partial charge in [-0.25, -0.2) is 8.42 Å². The van der Waals surface area contributed by atoms with Gasteiger partial charge in [-0.2, -0.15) is 4.31 Å². The summed E-state index contributed by atoms with van der Waals surface area (Å²) in [7, 11) is -3.53. The average Bonchev–Trinajstić information content (AvgIpc) is 3.11. The van der Waals surface area contributed by atoms with Gasteiger partial charge in [-0.15, -0.1) is 5.10 Å². The summed E-state index contributed by atoms with van der Waals surface area (Å²) in [4.78, 5) is 12.3. The minimum atomic E-state index is -3.53. The molecule has 2 aromatic heterocycles. The molecule has 0 saturated heterocycles. The lowest BCUT2D eigenvalue weighted by Crippen LogP contribution is -2.30. The number of anilines is 1. The molecule has 10 heteroatoms. The van der Waals surface area contributed by atoms with Crippen molar-refractivity contribution in [2.75, 3.05) is 25.0 Å². The summed E-state index contributed by atoms with van der Waals surface area (Å²) in [6.45, 7) is 4.11. The molecule has 1 N–H and O–H groups in total. The molecule has 2 heterocycles. The van der Waals surface area contributed by atoms with E-state index in [-0.39, 0.29) is 17.5 Å². The van der Waals surface area contributed by atoms with Crippen molar-refractivity contribution in [3.8, 4) is 6.01 Å². The lowest BCUT2D eigenvalue weighted by molar-refractivity contribution is -0.118. The van der Waals surface area contributed by atoms with Gasteiger partial charge < -0.3 is 10.1 Å². The van der Waals surface area contributed by atoms with E-state index < -0.39 is 15.9 Å². The Morgan fingerprint density at radius 2 is 1.82 bits per heavy atom. The molecule has 0 aliphatic rings. The molecule has 148 valence electrons. The predicted octanol–water partition coefficient (Wildman–Crippen LogP) is 1.78. The van der Waals surface area contributed by atoms with Crippen molar-refractivity contribution >= 4 is 27.3 Å². The fourth-order valence-electron chi connectivity index (χ4n) is 2.67. The molecule has 28 heavy (non-hydrogen) atoms. The molecule has 0 radical (unpaired) electrons. The molecular weight excluding hydrogens is 382 g/mol. The van der Waals surface area contributed by atoms with E-state index in [0.29, 0.717) is 24.4 Å². The van der Waals surface area contributed by atoms with Crippen LogP contribution >= 0.6 is 0 Å². The summed E-state index contributed by atoms with van der Waals surface area (Å²) < 4.78 is 33.3. The number of hydrogen-bond donors (Lipinski definition) is 1. The lowest BCUT2D eigenvalue weighted by Gasteiger charge is -2.18. The van der Waals surface area contributed by atoms with Crippen LogP contribution in [0.4, 0.5) is 5.69 Å². The summed E-state index contributed by atoms with van der Waals surface area (Å²) in [5.74, 6) is -0.396. The van der Waals surface area contributed by atoms with E-state index in [0.717, 1.165) is 0 Å². The maximum absolute atomic E-state index is 12.5. The van der Waals surface area contributed by atoms with Crippen LogP contribution in [0.25, 0.3) is 5.65 Å². The van der Waals surface area contributed by atoms with Crippen LogP contribution in [0, 0.1) is 0 Å². The monoisotopic (exact) mass is 403 g/mol. The number of amides is 1. The van der Waals surface area contributed by atoms with E-state index in [1.165, 1.54) is 16.4 Å². The lowest BCUT2D eigenvalue weighted by atomic mass is 10.3. The van der Waals surface area contributed by atoms with Crippen molar-refractivity contribution in [1.29, 1.82) is 0 Å². The van der Waals surface area contributed by atoms with Gasteiger partial charge in [0.25, 0.3) is 5.91 Å². The standard InChI is InChI=1S/C18H21N5O4S/c1-3-22(4-2)28(25,26)15-10-8-14(9-11-15)19-17(24)13-27-18-21-20-16-7-5-6-12-23(16)18/h5-12H,3-4,13H2,1-2H3,(H,19,24). The summed E-state index contributed by atoms with van der Waals surface area (Å²) in [5.41, 5.74) is 1.08. The van der Waals surface area contributed by atoms with Gasteiger partial charge in [0.1, 0.15) is 0 Å². The van der Waals surface area contributed by atoms with Gasteiger partial charge in [-0.05, 0) is 36.4 Å². The number of rotatable bonds is 8. The fourth-order valence-corrected chi connectivity index (χ4v) is 4.13. The number of carbonyl (C=O) groups is 1. The van der Waals surface area contributed by atoms with Crippen molar-refractivity contribution in [3.63, 3.8) is 0 Å². The number of aromatic nitrogens is 3. The average molecular weight is 403 g/mol. The number of pyridine rings is 1. The zero-order valence-corrected chi connectivity index (χ0v) is 16.4. The van der Waals surface area contributed by atoms with Crippen LogP contribution in [-0.4, -0.2) is 52.9 Å². The Bertz CT molecular complexity index is 1060. The molecule has 0 fully saturated rings. The van der Waals surface area contributed by atoms with Crippen molar-refractivity contribution in [2.24, 2.45) is 0 Å². The Kier molecular flexibility index (Phi) is 5.90. The Balaban J connectivity index is 1.61. The highest BCUT2D eigenvalue weighted by Crippen LogP contribution is 2.18. The third-order valence-electron chi connectivity index (χ3n) is 4.10. The minimum absolute atomic E-state index is 0.181. The van der Waals surface area contributed by atoms with Crippen LogP contribution in [-0.2, 0) is 14.8 Å². The van der Waals surface area contributed by atoms with Crippen LogP contribution in [0.3, 0.4) is 0 Å². The highest BCUT2D eigenvalue weighted by atomic mass is 32.2. The van der Waals surface area contributed by atoms with Crippen LogP contribution < -0.4 is 10.1 Å². The Hall–Kier alpha value is -2.98. The Morgan fingerprint density at radius 3 is 2.50 bits per heavy atom. The topological polar surface area (TPSA) is 106 Å². The highest BCUT2D eigenvalue weighted by molar-refractivity contribution is 7.89. The van der Waals surface area contributed by atoms with Crippen LogP contribution in [0.5, 0.6) is 6.01 Å². The van der Waals surface area contributed by atoms with Gasteiger partial charge in [0.2, 0.25) is 10.0 Å². The number of sulfonamides is 1. The molecule has 0 spiro atoms. The first-order valence-corrected chi connectivity index (χ1v) is 10.2. The maximum atomic E-state index is 12.5. The number of hydrogen-bond acceptors (Lipinski definition) is 6. The molecule has 0 unspecified atom stereocenters. The molecule has 0 saturated carbocycles. The van der Waals surface area contributed by atoms with Gasteiger partial charge in [0.15, 0.2) is 12.3 Å². The Labute approximate surface area is 163 Å². The normalized spacial score (nSPS) is 11.7. The van der Waals surface area contributed by atoms with E-state index >= 15 is 0 Å². The molecule has 1 aromatic carbocycles. The van der Waals surface area contributed by atoms with Gasteiger partial charge in [0.05, 0.1) is 4.90 Å². The van der Waals surface area contributed by atoms with Crippen molar-refractivity contribution in [3.05, 3.63) is 48.7 Å². The van der Waals surface area contributed by atoms with E-state index in [1.807, 2.05) is 6.07 Å². The number of carbonyl (C=O) groups excluding carboxylic acids is 1. The molecule has 9 nitrogen and oxygen atoms in total. The molecule has 0 aliphatic heterocycles. The van der Waals surface area contributed by atoms with Crippen molar-refractivity contribution in [1.82, 2.24) is 18.9 Å². The van der Waals surface area contributed by atoms with E-state index in [9.17, 15) is 13.2 Å². The first kappa shape index (κ1) is 19.8. The summed E-state index contributed by atoms with van der Waals surface area (Å²) >= 11 is 0. The summed E-state index contributed by atoms with van der Waals surface area (Å²) in [5, 5.41) is 10.5. The maximum Gasteiger partial charge on any atom is 0.322 e. The van der Waals surface area contributed by atoms with E-state index in [1.54, 1.807) is 48.7 Å². The molecule has 0 aliphatic carbocycles. The third kappa shape index (κ3) is 4.12. The quantitative estimate of drug-likeness (QED) is 0.615. The first-order valence-electron chi connectivity index (χ1n) is 8.78. The van der Waals surface area contributed by atoms with Gasteiger partial charge in [0, 0.05) is 25.0 Å². The largest absolute Gasteiger partial charge is 0.453 e. The van der Waals surface area contributed by atoms with Gasteiger partial charge >= 0.3 is 6.01 Å². The van der Waals surface area contributed by atoms with E-state index in [2.05, 4.69) is 15.5 Å². The second kappa shape index (κ2) is 8.36. The number of benzene rings is 1. The molecule has 3 aromatic rings. The van der Waals surface area contributed by atoms with Crippen molar-refractivity contribution in [2.45, 2.75) is 18.7 Å². The van der Waals surface area contributed by atoms with Crippen LogP contribution in [0.15, 0.2) is 53.6 Å². The van der Waals surface area contributed by atoms with Gasteiger partial charge in [-0.1, -0.05) is 25.0 Å². The molecule has 0 atom stereocenters. The minimum Gasteiger partial charge on any atom is -0.453 e. The number of nitrogens with zero attached hydrogens (tertiary/aromatic N) is 4. The summed E-state index contributed by atoms with van der Waals surface area (Å²) in [6.07, 6.45) is 1.73. The van der Waals surface area contributed by atoms with Crippen LogP contribution in [0.1, 0.15) is 13.8 Å². The second-order valence-corrected chi connectivity index (χ2v) is 7.80. The van der Waals surface area contributed by atoms with Gasteiger partial charge in [-0.3, -0.25) is 9.20 Å². The number of ether oxygens (including phenoxy) is 1. The van der Waals surface area contributed by atoms with Crippen molar-refractivity contribution < 1.29 is 17.9 Å². The van der Waals surface area contributed by atoms with Crippen LogP contribution in [0.2, 0.25) is 0 Å². The molecular formula is C18H21N5O4S. The smallest absolute Gasteiger partial charge is 0.322 e. The molecule has 0 bridgehead atoms. The first-order chi connectivity index (χ1) is 13.5. The highest BCUT2D eigenvalue weighted by Gasteiger charge is 2.21. The summed E-state index contributed by atoms with van der Waals surface area (Å²) in [6, 6.07) is 11.6. The predicted molar refractivity (Wildman–Crippen MR) is 104 cm³/mol. The molecule has 1 amide bonds. The zero-order valence-electron chi connectivity index (χ0n) is 15.6. The number of fused-ring (bicyclic) bond motifs is 1. The third-order valence-corrected chi connectivity index (χ3v) is 6.16. The van der Waals surface area contributed by atoms with E-state index in [4.69, 9.17) is 4.74 Å². The fraction of sp³-hybridized carbons (Fsp3) is 0.278.